The standard InChI is InChI=1S/C9H15O6P.ClH/c1-4-13-7(10)16(8(11)14-5-2)9(12)15-6-3;/h4-6H2,1-3H3;1H. The van der Waals surface area contributed by atoms with E-state index in [1.54, 1.807) is 20.8 Å². The maximum atomic E-state index is 11.4. The maximum Gasteiger partial charge on any atom is 0.349 e. The van der Waals surface area contributed by atoms with Crippen molar-refractivity contribution in [3.63, 3.8) is 0 Å². The van der Waals surface area contributed by atoms with Crippen molar-refractivity contribution in [3.05, 3.63) is 0 Å². The van der Waals surface area contributed by atoms with Crippen molar-refractivity contribution in [2.24, 2.45) is 0 Å². The molecule has 0 N–H and O–H groups in total. The van der Waals surface area contributed by atoms with E-state index in [0.29, 0.717) is 0 Å². The Morgan fingerprint density at radius 3 is 1.18 bits per heavy atom. The van der Waals surface area contributed by atoms with Crippen molar-refractivity contribution in [1.82, 2.24) is 0 Å². The van der Waals surface area contributed by atoms with Crippen LogP contribution in [0.5, 0.6) is 0 Å². The Labute approximate surface area is 107 Å². The molecule has 6 nitrogen and oxygen atoms in total. The second-order valence-corrected chi connectivity index (χ2v) is 4.20. The van der Waals surface area contributed by atoms with Crippen LogP contribution in [0.4, 0.5) is 14.4 Å². The molecule has 0 aliphatic carbocycles. The number of hydrogen-bond donors (Lipinski definition) is 0. The van der Waals surface area contributed by atoms with Crippen molar-refractivity contribution >= 4 is 37.5 Å². The first-order valence-corrected chi connectivity index (χ1v) is 6.22. The van der Waals surface area contributed by atoms with Gasteiger partial charge in [0.25, 0.3) is 0 Å². The third kappa shape index (κ3) is 6.44. The van der Waals surface area contributed by atoms with Crippen LogP contribution in [0.3, 0.4) is 0 Å². The molecule has 0 aromatic heterocycles. The fraction of sp³-hybridized carbons (Fsp3) is 0.667. The summed E-state index contributed by atoms with van der Waals surface area (Å²) in [4.78, 5) is 34.1. The van der Waals surface area contributed by atoms with Gasteiger partial charge in [0, 0.05) is 0 Å². The predicted molar refractivity (Wildman–Crippen MR) is 65.2 cm³/mol. The molecule has 8 heteroatoms. The lowest BCUT2D eigenvalue weighted by atomic mass is 10.9. The minimum absolute atomic E-state index is 0. The summed E-state index contributed by atoms with van der Waals surface area (Å²) in [7, 11) is -2.35. The topological polar surface area (TPSA) is 78.9 Å². The molecule has 0 heterocycles. The number of carbonyl (C=O) groups excluding carboxylic acids is 3. The second-order valence-electron chi connectivity index (χ2n) is 2.43. The average Bonchev–Trinajstić information content (AvgIpc) is 2.19. The van der Waals surface area contributed by atoms with E-state index in [2.05, 4.69) is 14.2 Å². The summed E-state index contributed by atoms with van der Waals surface area (Å²) in [5, 5.41) is 0. The van der Waals surface area contributed by atoms with Gasteiger partial charge in [-0.25, -0.2) is 14.4 Å². The fourth-order valence-corrected chi connectivity index (χ4v) is 2.01. The summed E-state index contributed by atoms with van der Waals surface area (Å²) in [5.74, 6) is 0. The molecule has 0 fully saturated rings. The molecule has 0 aliphatic rings. The van der Waals surface area contributed by atoms with Crippen molar-refractivity contribution in [2.45, 2.75) is 20.8 Å². The molecular formula is C9H16ClO6P. The van der Waals surface area contributed by atoms with E-state index in [-0.39, 0.29) is 32.2 Å². The van der Waals surface area contributed by atoms with Gasteiger partial charge in [-0.1, -0.05) is 0 Å². The zero-order valence-corrected chi connectivity index (χ0v) is 11.6. The Kier molecular flexibility index (Phi) is 11.2. The van der Waals surface area contributed by atoms with Crippen LogP contribution in [0.1, 0.15) is 20.8 Å². The third-order valence-electron chi connectivity index (χ3n) is 1.35. The number of carbonyl (C=O) groups is 3. The lowest BCUT2D eigenvalue weighted by molar-refractivity contribution is 0.166. The summed E-state index contributed by atoms with van der Waals surface area (Å²) < 4.78 is 13.9. The number of halogens is 1. The van der Waals surface area contributed by atoms with E-state index in [9.17, 15) is 14.4 Å². The van der Waals surface area contributed by atoms with E-state index in [0.717, 1.165) is 0 Å². The van der Waals surface area contributed by atoms with Gasteiger partial charge in [0.2, 0.25) is 7.92 Å². The van der Waals surface area contributed by atoms with Crippen LogP contribution < -0.4 is 0 Å². The van der Waals surface area contributed by atoms with Crippen LogP contribution in [-0.4, -0.2) is 37.0 Å². The first-order valence-electron chi connectivity index (χ1n) is 4.88. The lowest BCUT2D eigenvalue weighted by Crippen LogP contribution is -2.16. The van der Waals surface area contributed by atoms with E-state index >= 15 is 0 Å². The van der Waals surface area contributed by atoms with Gasteiger partial charge in [-0.2, -0.15) is 0 Å². The van der Waals surface area contributed by atoms with Gasteiger partial charge in [0.15, 0.2) is 0 Å². The van der Waals surface area contributed by atoms with Crippen LogP contribution in [0.2, 0.25) is 0 Å². The van der Waals surface area contributed by atoms with E-state index in [4.69, 9.17) is 0 Å². The highest BCUT2D eigenvalue weighted by Crippen LogP contribution is 2.42. The maximum absolute atomic E-state index is 11.4. The van der Waals surface area contributed by atoms with Gasteiger partial charge in [0.05, 0.1) is 19.8 Å². The molecule has 0 aromatic carbocycles. The Bertz CT molecular complexity index is 227. The first-order chi connectivity index (χ1) is 7.58. The number of hydrogen-bond acceptors (Lipinski definition) is 6. The molecule has 0 spiro atoms. The van der Waals surface area contributed by atoms with Crippen LogP contribution in [0.25, 0.3) is 0 Å². The Morgan fingerprint density at radius 2 is 1.00 bits per heavy atom. The van der Waals surface area contributed by atoms with Crippen molar-refractivity contribution in [2.75, 3.05) is 19.8 Å². The zero-order chi connectivity index (χ0) is 12.6. The summed E-state index contributed by atoms with van der Waals surface area (Å²) >= 11 is 0. The highest BCUT2D eigenvalue weighted by Gasteiger charge is 2.38. The second kappa shape index (κ2) is 10.3. The summed E-state index contributed by atoms with van der Waals surface area (Å²) in [5.41, 5.74) is -2.64. The van der Waals surface area contributed by atoms with Crippen molar-refractivity contribution < 1.29 is 28.6 Å². The largest absolute Gasteiger partial charge is 0.462 e. The van der Waals surface area contributed by atoms with Gasteiger partial charge in [0.1, 0.15) is 0 Å². The molecular weight excluding hydrogens is 271 g/mol. The Balaban J connectivity index is 0. The molecule has 0 unspecified atom stereocenters. The summed E-state index contributed by atoms with van der Waals surface area (Å²) in [6.07, 6.45) is 0. The minimum atomic E-state index is -2.35. The average molecular weight is 287 g/mol. The normalized spacial score (nSPS) is 9.18. The quantitative estimate of drug-likeness (QED) is 0.550. The first kappa shape index (κ1) is 18.5. The van der Waals surface area contributed by atoms with Crippen molar-refractivity contribution in [3.8, 4) is 0 Å². The molecule has 0 rings (SSSR count). The minimum Gasteiger partial charge on any atom is -0.462 e. The predicted octanol–water partition coefficient (Wildman–Crippen LogP) is 3.36. The third-order valence-corrected chi connectivity index (χ3v) is 2.83. The van der Waals surface area contributed by atoms with E-state index in [1.165, 1.54) is 0 Å². The van der Waals surface area contributed by atoms with Crippen LogP contribution in [0.15, 0.2) is 0 Å². The molecule has 0 aliphatic heterocycles. The van der Waals surface area contributed by atoms with Gasteiger partial charge in [-0.05, 0) is 20.8 Å². The van der Waals surface area contributed by atoms with Gasteiger partial charge < -0.3 is 14.2 Å². The number of rotatable bonds is 6. The van der Waals surface area contributed by atoms with E-state index < -0.39 is 25.1 Å². The molecule has 0 bridgehead atoms. The highest BCUT2D eigenvalue weighted by atomic mass is 35.5. The fourth-order valence-electron chi connectivity index (χ4n) is 0.788. The van der Waals surface area contributed by atoms with Gasteiger partial charge in [-0.3, -0.25) is 0 Å². The summed E-state index contributed by atoms with van der Waals surface area (Å²) in [6, 6.07) is 0. The smallest absolute Gasteiger partial charge is 0.349 e. The number of ether oxygens (including phenoxy) is 3. The molecule has 0 aromatic rings. The van der Waals surface area contributed by atoms with Gasteiger partial charge >= 0.3 is 17.1 Å². The summed E-state index contributed by atoms with van der Waals surface area (Å²) in [6.45, 7) is 5.04. The van der Waals surface area contributed by atoms with Crippen LogP contribution in [-0.2, 0) is 14.2 Å². The zero-order valence-electron chi connectivity index (χ0n) is 9.93. The molecule has 0 saturated heterocycles. The monoisotopic (exact) mass is 286 g/mol. The Hall–Kier alpha value is -0.870. The Morgan fingerprint density at radius 1 is 0.765 bits per heavy atom. The SMILES string of the molecule is CCOC(=O)P(C(=O)OCC)C(=O)OCC.Cl. The van der Waals surface area contributed by atoms with E-state index in [1.807, 2.05) is 0 Å². The molecule has 0 radical (unpaired) electrons. The lowest BCUT2D eigenvalue weighted by Gasteiger charge is -2.12. The molecule has 0 amide bonds. The molecule has 0 saturated carbocycles. The van der Waals surface area contributed by atoms with Crippen LogP contribution >= 0.6 is 20.3 Å². The molecule has 100 valence electrons. The van der Waals surface area contributed by atoms with Crippen LogP contribution in [0, 0.1) is 0 Å². The van der Waals surface area contributed by atoms with Crippen molar-refractivity contribution in [1.29, 1.82) is 0 Å². The van der Waals surface area contributed by atoms with Gasteiger partial charge in [-0.15, -0.1) is 12.4 Å². The molecule has 17 heavy (non-hydrogen) atoms. The highest BCUT2D eigenvalue weighted by molar-refractivity contribution is 8.00. The molecule has 0 atom stereocenters.